The van der Waals surface area contributed by atoms with E-state index < -0.39 is 19.8 Å². The standard InChI is InChI=1S/C10H15O2.2C6H5.Sn/c1-10(9(11)12-2)6-7-3-4-8(10)5-7;2*1-2-4-6-5-3-1;/h6-8H,3-5H2,1-2H3;2*1-5H;/t7-,8+,10+;;;/m0.../s1. The van der Waals surface area contributed by atoms with Gasteiger partial charge in [0.1, 0.15) is 0 Å². The fourth-order valence-electron chi connectivity index (χ4n) is 5.42. The zero-order valence-electron chi connectivity index (χ0n) is 14.9. The third kappa shape index (κ3) is 2.73. The molecule has 0 N–H and O–H groups in total. The van der Waals surface area contributed by atoms with Crippen LogP contribution in [0.15, 0.2) is 60.7 Å². The Kier molecular flexibility index (Phi) is 4.65. The molecule has 1 radical (unpaired) electrons. The first-order valence-corrected chi connectivity index (χ1v) is 13.7. The molecule has 3 heteroatoms. The second kappa shape index (κ2) is 6.79. The van der Waals surface area contributed by atoms with Gasteiger partial charge in [-0.2, -0.15) is 0 Å². The van der Waals surface area contributed by atoms with E-state index in [0.29, 0.717) is 15.8 Å². The molecule has 2 fully saturated rings. The van der Waals surface area contributed by atoms with E-state index in [2.05, 4.69) is 67.6 Å². The number of hydrogen-bond donors (Lipinski definition) is 0. The van der Waals surface area contributed by atoms with Gasteiger partial charge >= 0.3 is 158 Å². The van der Waals surface area contributed by atoms with E-state index in [1.54, 1.807) is 7.11 Å². The molecule has 0 heterocycles. The van der Waals surface area contributed by atoms with Crippen molar-refractivity contribution in [1.82, 2.24) is 0 Å². The topological polar surface area (TPSA) is 26.3 Å². The summed E-state index contributed by atoms with van der Waals surface area (Å²) in [5.74, 6) is 1.21. The van der Waals surface area contributed by atoms with E-state index in [4.69, 9.17) is 4.74 Å². The first-order chi connectivity index (χ1) is 12.2. The number of esters is 1. The molecule has 2 saturated carbocycles. The number of rotatable bonds is 4. The Bertz CT molecular complexity index is 706. The van der Waals surface area contributed by atoms with Gasteiger partial charge in [-0.05, 0) is 0 Å². The van der Waals surface area contributed by atoms with Crippen molar-refractivity contribution in [1.29, 1.82) is 0 Å². The van der Waals surface area contributed by atoms with Crippen molar-refractivity contribution in [2.45, 2.75) is 30.1 Å². The SMILES string of the molecule is COC(=O)[C@@]1(C)[C@@H]2CC[C@@H](C2)[C@H]1[Sn]([c]1ccccc1)[c]1ccccc1. The Morgan fingerprint density at radius 3 is 2.08 bits per heavy atom. The Labute approximate surface area is 157 Å². The molecule has 0 aliphatic heterocycles. The monoisotopic (exact) mass is 441 g/mol. The number of fused-ring (bicyclic) bond motifs is 2. The van der Waals surface area contributed by atoms with Crippen molar-refractivity contribution in [3.05, 3.63) is 60.7 Å². The molecule has 4 atom stereocenters. The van der Waals surface area contributed by atoms with Crippen molar-refractivity contribution >= 4 is 32.9 Å². The minimum absolute atomic E-state index is 0.0228. The van der Waals surface area contributed by atoms with Gasteiger partial charge in [0.25, 0.3) is 0 Å². The number of carbonyl (C=O) groups excluding carboxylic acids is 1. The molecule has 25 heavy (non-hydrogen) atoms. The van der Waals surface area contributed by atoms with Crippen LogP contribution in [0.2, 0.25) is 3.93 Å². The summed E-state index contributed by atoms with van der Waals surface area (Å²) in [6.45, 7) is 2.21. The molecule has 2 nitrogen and oxygen atoms in total. The Morgan fingerprint density at radius 2 is 1.56 bits per heavy atom. The van der Waals surface area contributed by atoms with Crippen LogP contribution in [0.3, 0.4) is 0 Å². The summed E-state index contributed by atoms with van der Waals surface area (Å²) in [7, 11) is 1.56. The zero-order chi connectivity index (χ0) is 17.4. The maximum absolute atomic E-state index is 12.9. The number of hydrogen-bond acceptors (Lipinski definition) is 2. The van der Waals surface area contributed by atoms with E-state index >= 15 is 0 Å². The van der Waals surface area contributed by atoms with Gasteiger partial charge in [-0.25, -0.2) is 0 Å². The van der Waals surface area contributed by atoms with Gasteiger partial charge in [0.15, 0.2) is 0 Å². The van der Waals surface area contributed by atoms with Crippen LogP contribution in [0.5, 0.6) is 0 Å². The molecule has 0 amide bonds. The molecule has 0 saturated heterocycles. The van der Waals surface area contributed by atoms with Crippen LogP contribution < -0.4 is 7.16 Å². The quantitative estimate of drug-likeness (QED) is 0.539. The molecular weight excluding hydrogens is 415 g/mol. The number of methoxy groups -OCH3 is 1. The molecule has 0 aromatic heterocycles. The Morgan fingerprint density at radius 1 is 1.00 bits per heavy atom. The normalized spacial score (nSPS) is 30.6. The number of benzene rings is 2. The summed E-state index contributed by atoms with van der Waals surface area (Å²) in [6.07, 6.45) is 3.68. The molecule has 2 aromatic carbocycles. The summed E-state index contributed by atoms with van der Waals surface area (Å²) < 4.78 is 8.83. The number of ether oxygens (including phenoxy) is 1. The van der Waals surface area contributed by atoms with E-state index in [-0.39, 0.29) is 11.4 Å². The van der Waals surface area contributed by atoms with Crippen LogP contribution in [0.4, 0.5) is 0 Å². The van der Waals surface area contributed by atoms with Gasteiger partial charge < -0.3 is 0 Å². The van der Waals surface area contributed by atoms with Crippen LogP contribution in [0.1, 0.15) is 26.2 Å². The second-order valence-corrected chi connectivity index (χ2v) is 15.1. The molecule has 2 aliphatic carbocycles. The van der Waals surface area contributed by atoms with Crippen molar-refractivity contribution in [3.63, 3.8) is 0 Å². The van der Waals surface area contributed by atoms with Crippen LogP contribution in [0, 0.1) is 17.3 Å². The average Bonchev–Trinajstić information content (AvgIpc) is 3.25. The van der Waals surface area contributed by atoms with Crippen molar-refractivity contribution in [2.24, 2.45) is 17.3 Å². The molecule has 2 aromatic rings. The van der Waals surface area contributed by atoms with Crippen molar-refractivity contribution in [2.75, 3.05) is 7.11 Å². The third-order valence-electron chi connectivity index (χ3n) is 6.54. The van der Waals surface area contributed by atoms with E-state index in [1.165, 1.54) is 26.4 Å². The maximum atomic E-state index is 12.9. The third-order valence-corrected chi connectivity index (χ3v) is 16.8. The summed E-state index contributed by atoms with van der Waals surface area (Å²) in [5.41, 5.74) is -0.307. The molecule has 4 rings (SSSR count). The van der Waals surface area contributed by atoms with Crippen molar-refractivity contribution in [3.8, 4) is 0 Å². The Hall–Kier alpha value is -1.29. The molecular formula is C22H25O2Sn. The summed E-state index contributed by atoms with van der Waals surface area (Å²) in [5, 5.41) is 0. The van der Waals surface area contributed by atoms with Gasteiger partial charge in [-0.1, -0.05) is 0 Å². The predicted octanol–water partition coefficient (Wildman–Crippen LogP) is 3.28. The van der Waals surface area contributed by atoms with E-state index in [1.807, 2.05) is 0 Å². The van der Waals surface area contributed by atoms with Crippen LogP contribution in [0.25, 0.3) is 0 Å². The fraction of sp³-hybridized carbons (Fsp3) is 0.409. The summed E-state index contributed by atoms with van der Waals surface area (Å²) in [4.78, 5) is 12.9. The molecule has 0 unspecified atom stereocenters. The van der Waals surface area contributed by atoms with Crippen LogP contribution in [-0.4, -0.2) is 32.8 Å². The van der Waals surface area contributed by atoms with E-state index in [0.717, 1.165) is 0 Å². The van der Waals surface area contributed by atoms with Gasteiger partial charge in [-0.3, -0.25) is 0 Å². The second-order valence-electron chi connectivity index (χ2n) is 7.67. The molecule has 0 spiro atoms. The fourth-order valence-corrected chi connectivity index (χ4v) is 16.5. The van der Waals surface area contributed by atoms with E-state index in [9.17, 15) is 4.79 Å². The van der Waals surface area contributed by atoms with Gasteiger partial charge in [0, 0.05) is 0 Å². The van der Waals surface area contributed by atoms with Gasteiger partial charge in [0.05, 0.1) is 0 Å². The predicted molar refractivity (Wildman–Crippen MR) is 103 cm³/mol. The van der Waals surface area contributed by atoms with Gasteiger partial charge in [-0.15, -0.1) is 0 Å². The first-order valence-electron chi connectivity index (χ1n) is 9.22. The first kappa shape index (κ1) is 17.1. The van der Waals surface area contributed by atoms with Crippen LogP contribution in [-0.2, 0) is 9.53 Å². The minimum atomic E-state index is -2.29. The van der Waals surface area contributed by atoms with Gasteiger partial charge in [0.2, 0.25) is 0 Å². The zero-order valence-corrected chi connectivity index (χ0v) is 17.8. The average molecular weight is 440 g/mol. The Balaban J connectivity index is 1.85. The molecule has 2 aliphatic rings. The van der Waals surface area contributed by atoms with Crippen LogP contribution >= 0.6 is 0 Å². The summed E-state index contributed by atoms with van der Waals surface area (Å²) in [6, 6.07) is 22.0. The molecule has 2 bridgehead atoms. The molecule has 129 valence electrons. The van der Waals surface area contributed by atoms with Crippen molar-refractivity contribution < 1.29 is 9.53 Å². The summed E-state index contributed by atoms with van der Waals surface area (Å²) >= 11 is -2.29. The number of carbonyl (C=O) groups is 1.